The monoisotopic (exact) mass is 473 g/mol. The summed E-state index contributed by atoms with van der Waals surface area (Å²) in [5.74, 6) is -1.25. The van der Waals surface area contributed by atoms with Gasteiger partial charge in [0.25, 0.3) is 11.5 Å². The number of fused-ring (bicyclic) bond motifs is 1. The first-order valence-corrected chi connectivity index (χ1v) is 11.5. The molecular formula is C23H31N5O6. The first kappa shape index (κ1) is 24.0. The molecule has 34 heavy (non-hydrogen) atoms. The Balaban J connectivity index is 1.71. The van der Waals surface area contributed by atoms with Crippen molar-refractivity contribution in [2.24, 2.45) is 5.92 Å². The molecule has 1 unspecified atom stereocenters. The van der Waals surface area contributed by atoms with Gasteiger partial charge < -0.3 is 24.8 Å². The molecule has 3 heterocycles. The Kier molecular flexibility index (Phi) is 7.03. The third kappa shape index (κ3) is 4.85. The van der Waals surface area contributed by atoms with E-state index in [9.17, 15) is 19.5 Å². The Labute approximate surface area is 196 Å². The van der Waals surface area contributed by atoms with E-state index in [1.54, 1.807) is 18.1 Å². The number of ether oxygens (including phenoxy) is 2. The van der Waals surface area contributed by atoms with E-state index in [1.165, 1.54) is 21.4 Å². The fourth-order valence-electron chi connectivity index (χ4n) is 4.08. The van der Waals surface area contributed by atoms with E-state index in [0.717, 1.165) is 12.8 Å². The van der Waals surface area contributed by atoms with Crippen molar-refractivity contribution in [3.63, 3.8) is 0 Å². The first-order valence-electron chi connectivity index (χ1n) is 11.5. The minimum absolute atomic E-state index is 0.0322. The molecule has 2 N–H and O–H groups in total. The molecule has 1 aliphatic carbocycles. The molecule has 1 saturated carbocycles. The van der Waals surface area contributed by atoms with Crippen LogP contribution in [0.1, 0.15) is 42.6 Å². The smallest absolute Gasteiger partial charge is 0.270 e. The molecule has 2 aromatic rings. The number of hydrogen-bond donors (Lipinski definition) is 2. The van der Waals surface area contributed by atoms with Gasteiger partial charge >= 0.3 is 0 Å². The van der Waals surface area contributed by atoms with E-state index >= 15 is 0 Å². The Hall–Kier alpha value is -3.18. The number of aromatic hydroxyl groups is 1. The minimum atomic E-state index is -0.608. The molecule has 184 valence electrons. The van der Waals surface area contributed by atoms with Crippen LogP contribution in [-0.4, -0.2) is 81.6 Å². The first-order chi connectivity index (χ1) is 16.3. The lowest BCUT2D eigenvalue weighted by molar-refractivity contribution is -0.136. The lowest BCUT2D eigenvalue weighted by Gasteiger charge is -2.34. The van der Waals surface area contributed by atoms with Crippen molar-refractivity contribution in [1.82, 2.24) is 24.4 Å². The van der Waals surface area contributed by atoms with Gasteiger partial charge in [-0.05, 0) is 24.8 Å². The predicted octanol–water partition coefficient (Wildman–Crippen LogP) is 0.637. The fraction of sp³-hybridized carbons (Fsp3) is 0.565. The molecule has 4 rings (SSSR count). The van der Waals surface area contributed by atoms with Crippen molar-refractivity contribution in [3.05, 3.63) is 33.8 Å². The Morgan fingerprint density at radius 3 is 2.82 bits per heavy atom. The maximum absolute atomic E-state index is 13.3. The molecule has 0 spiro atoms. The van der Waals surface area contributed by atoms with Crippen molar-refractivity contribution < 1.29 is 24.2 Å². The number of hydrogen-bond acceptors (Lipinski definition) is 7. The number of nitrogens with zero attached hydrogens (tertiary/aromatic N) is 4. The number of carbonyl (C=O) groups excluding carboxylic acids is 2. The van der Waals surface area contributed by atoms with Crippen molar-refractivity contribution in [2.75, 3.05) is 33.5 Å². The number of morpholine rings is 1. The summed E-state index contributed by atoms with van der Waals surface area (Å²) in [6.45, 7) is 5.87. The second-order valence-electron chi connectivity index (χ2n) is 9.14. The van der Waals surface area contributed by atoms with Crippen LogP contribution in [0.4, 0.5) is 0 Å². The summed E-state index contributed by atoms with van der Waals surface area (Å²) in [7, 11) is 1.58. The van der Waals surface area contributed by atoms with Gasteiger partial charge in [-0.2, -0.15) is 9.61 Å². The maximum atomic E-state index is 13.3. The largest absolute Gasteiger partial charge is 0.492 e. The van der Waals surface area contributed by atoms with Crippen molar-refractivity contribution in [1.29, 1.82) is 0 Å². The van der Waals surface area contributed by atoms with Gasteiger partial charge in [0.2, 0.25) is 11.8 Å². The Morgan fingerprint density at radius 1 is 1.38 bits per heavy atom. The van der Waals surface area contributed by atoms with Crippen molar-refractivity contribution in [2.45, 2.75) is 45.3 Å². The Morgan fingerprint density at radius 2 is 2.15 bits per heavy atom. The highest BCUT2D eigenvalue weighted by Crippen LogP contribution is 2.23. The topological polar surface area (TPSA) is 127 Å². The zero-order valence-electron chi connectivity index (χ0n) is 19.7. The summed E-state index contributed by atoms with van der Waals surface area (Å²) in [6.07, 6.45) is 6.16. The molecule has 11 heteroatoms. The van der Waals surface area contributed by atoms with Crippen LogP contribution in [0.25, 0.3) is 11.7 Å². The zero-order chi connectivity index (χ0) is 24.4. The van der Waals surface area contributed by atoms with E-state index in [2.05, 4.69) is 10.4 Å². The predicted molar refractivity (Wildman–Crippen MR) is 124 cm³/mol. The number of methoxy groups -OCH3 is 1. The quantitative estimate of drug-likeness (QED) is 0.539. The van der Waals surface area contributed by atoms with Gasteiger partial charge in [-0.1, -0.05) is 13.8 Å². The van der Waals surface area contributed by atoms with Gasteiger partial charge in [-0.25, -0.2) is 0 Å². The third-order valence-electron chi connectivity index (χ3n) is 5.87. The van der Waals surface area contributed by atoms with Crippen LogP contribution < -0.4 is 10.9 Å². The average Bonchev–Trinajstić information content (AvgIpc) is 3.51. The average molecular weight is 474 g/mol. The van der Waals surface area contributed by atoms with Crippen molar-refractivity contribution in [3.8, 4) is 5.88 Å². The normalized spacial score (nSPS) is 18.8. The number of amides is 2. The molecule has 0 bridgehead atoms. The van der Waals surface area contributed by atoms with Crippen LogP contribution in [0.5, 0.6) is 5.88 Å². The van der Waals surface area contributed by atoms with Crippen LogP contribution in [0.15, 0.2) is 17.1 Å². The summed E-state index contributed by atoms with van der Waals surface area (Å²) in [5.41, 5.74) is -0.122. The van der Waals surface area contributed by atoms with E-state index in [1.807, 2.05) is 13.8 Å². The molecule has 1 saturated heterocycles. The van der Waals surface area contributed by atoms with E-state index in [-0.39, 0.29) is 29.5 Å². The molecule has 2 amide bonds. The second kappa shape index (κ2) is 9.98. The summed E-state index contributed by atoms with van der Waals surface area (Å²) in [5, 5.41) is 17.7. The highest BCUT2D eigenvalue weighted by atomic mass is 16.5. The summed E-state index contributed by atoms with van der Waals surface area (Å²) in [6, 6.07) is -0.152. The van der Waals surface area contributed by atoms with Crippen LogP contribution in [0.2, 0.25) is 0 Å². The fourth-order valence-corrected chi connectivity index (χ4v) is 4.08. The second-order valence-corrected chi connectivity index (χ2v) is 9.14. The van der Waals surface area contributed by atoms with Crippen LogP contribution >= 0.6 is 0 Å². The standard InChI is InChI=1S/C23H31N5O6/c1-14(2)11-27-21-15(4-7-18(29)26-8-9-34-13-17(26)12-33-3)10-24-28(21)23(32)19(22(27)31)20(30)25-16-5-6-16/h4,7,10,14,16-17,32H,5-6,8-9,11-13H2,1-3H3,(H,25,30). The van der Waals surface area contributed by atoms with E-state index in [4.69, 9.17) is 9.47 Å². The van der Waals surface area contributed by atoms with Gasteiger partial charge in [0.1, 0.15) is 5.65 Å². The minimum Gasteiger partial charge on any atom is -0.492 e. The number of rotatable bonds is 8. The molecule has 11 nitrogen and oxygen atoms in total. The third-order valence-corrected chi connectivity index (χ3v) is 5.87. The Bertz CT molecular complexity index is 1160. The number of nitrogens with one attached hydrogen (secondary N) is 1. The SMILES string of the molecule is COCC1COCCN1C(=O)C=Cc1cnn2c(O)c(C(=O)NC3CC3)c(=O)n(CC(C)C)c12. The molecule has 1 atom stereocenters. The highest BCUT2D eigenvalue weighted by molar-refractivity contribution is 5.97. The van der Waals surface area contributed by atoms with Crippen molar-refractivity contribution >= 4 is 23.5 Å². The van der Waals surface area contributed by atoms with E-state index in [0.29, 0.717) is 44.1 Å². The van der Waals surface area contributed by atoms with E-state index < -0.39 is 17.3 Å². The van der Waals surface area contributed by atoms with Crippen LogP contribution in [-0.2, 0) is 20.8 Å². The van der Waals surface area contributed by atoms with Crippen LogP contribution in [0, 0.1) is 5.92 Å². The number of aromatic nitrogens is 3. The lowest BCUT2D eigenvalue weighted by atomic mass is 10.2. The summed E-state index contributed by atoms with van der Waals surface area (Å²) >= 11 is 0. The lowest BCUT2D eigenvalue weighted by Crippen LogP contribution is -2.50. The molecule has 1 aliphatic heterocycles. The molecule has 0 aromatic carbocycles. The zero-order valence-corrected chi connectivity index (χ0v) is 19.7. The molecular weight excluding hydrogens is 442 g/mol. The number of carbonyl (C=O) groups is 2. The van der Waals surface area contributed by atoms with Crippen LogP contribution in [0.3, 0.4) is 0 Å². The molecule has 0 radical (unpaired) electrons. The van der Waals surface area contributed by atoms with Gasteiger partial charge in [0.15, 0.2) is 5.56 Å². The molecule has 2 aromatic heterocycles. The molecule has 2 aliphatic rings. The summed E-state index contributed by atoms with van der Waals surface area (Å²) < 4.78 is 13.3. The van der Waals surface area contributed by atoms with Gasteiger partial charge in [-0.3, -0.25) is 19.0 Å². The van der Waals surface area contributed by atoms with Gasteiger partial charge in [0, 0.05) is 37.9 Å². The maximum Gasteiger partial charge on any atom is 0.270 e. The summed E-state index contributed by atoms with van der Waals surface area (Å²) in [4.78, 5) is 40.6. The molecule has 2 fully saturated rings. The highest BCUT2D eigenvalue weighted by Gasteiger charge is 2.30. The van der Waals surface area contributed by atoms with Gasteiger partial charge in [-0.15, -0.1) is 0 Å². The van der Waals surface area contributed by atoms with Gasteiger partial charge in [0.05, 0.1) is 32.1 Å².